The number of rotatable bonds is 17. The molecule has 0 aliphatic rings. The van der Waals surface area contributed by atoms with Gasteiger partial charge in [-0.1, -0.05) is 72.6 Å². The number of hydrogen-bond donors (Lipinski definition) is 0. The van der Waals surface area contributed by atoms with Crippen molar-refractivity contribution in [3.63, 3.8) is 0 Å². The van der Waals surface area contributed by atoms with Crippen LogP contribution in [0.3, 0.4) is 0 Å². The standard InChI is InChI=1S/C22H42O4/c1-5-7-14-20(6-2)18-26-22(24)16-13-11-9-8-10-12-15-21(23)25-17-19(3)4/h19-20H,5-18H2,1-4H3. The molecule has 0 aromatic heterocycles. The van der Waals surface area contributed by atoms with Gasteiger partial charge in [-0.15, -0.1) is 0 Å². The average Bonchev–Trinajstić information content (AvgIpc) is 2.62. The topological polar surface area (TPSA) is 52.6 Å². The van der Waals surface area contributed by atoms with Crippen LogP contribution in [0.4, 0.5) is 0 Å². The second kappa shape index (κ2) is 17.4. The third-order valence-corrected chi connectivity index (χ3v) is 4.61. The molecule has 0 saturated carbocycles. The molecule has 1 atom stereocenters. The minimum atomic E-state index is -0.0780. The fourth-order valence-corrected chi connectivity index (χ4v) is 2.76. The number of carbonyl (C=O) groups excluding carboxylic acids is 2. The average molecular weight is 371 g/mol. The molecule has 4 nitrogen and oxygen atoms in total. The summed E-state index contributed by atoms with van der Waals surface area (Å²) < 4.78 is 10.6. The first-order valence-electron chi connectivity index (χ1n) is 10.8. The van der Waals surface area contributed by atoms with E-state index < -0.39 is 0 Å². The van der Waals surface area contributed by atoms with Gasteiger partial charge in [0.05, 0.1) is 13.2 Å². The fourth-order valence-electron chi connectivity index (χ4n) is 2.76. The first-order valence-corrected chi connectivity index (χ1v) is 10.8. The van der Waals surface area contributed by atoms with E-state index in [1.165, 1.54) is 12.8 Å². The number of esters is 2. The summed E-state index contributed by atoms with van der Waals surface area (Å²) in [7, 11) is 0. The number of hydrogen-bond acceptors (Lipinski definition) is 4. The second-order valence-electron chi connectivity index (χ2n) is 7.80. The molecule has 0 spiro atoms. The van der Waals surface area contributed by atoms with E-state index in [1.54, 1.807) is 0 Å². The van der Waals surface area contributed by atoms with E-state index in [9.17, 15) is 9.59 Å². The maximum atomic E-state index is 11.8. The lowest BCUT2D eigenvalue weighted by Crippen LogP contribution is -2.13. The molecular weight excluding hydrogens is 328 g/mol. The van der Waals surface area contributed by atoms with Crippen LogP contribution in [0.25, 0.3) is 0 Å². The second-order valence-corrected chi connectivity index (χ2v) is 7.80. The largest absolute Gasteiger partial charge is 0.465 e. The lowest BCUT2D eigenvalue weighted by Gasteiger charge is -2.14. The highest BCUT2D eigenvalue weighted by Crippen LogP contribution is 2.14. The van der Waals surface area contributed by atoms with E-state index in [2.05, 4.69) is 13.8 Å². The Labute approximate surface area is 161 Å². The van der Waals surface area contributed by atoms with Crippen molar-refractivity contribution in [2.75, 3.05) is 13.2 Å². The van der Waals surface area contributed by atoms with Gasteiger partial charge in [-0.25, -0.2) is 0 Å². The molecule has 0 aliphatic heterocycles. The van der Waals surface area contributed by atoms with Crippen LogP contribution in [0.2, 0.25) is 0 Å². The summed E-state index contributed by atoms with van der Waals surface area (Å²) in [5.41, 5.74) is 0. The lowest BCUT2D eigenvalue weighted by atomic mass is 10.0. The van der Waals surface area contributed by atoms with Gasteiger partial charge in [0.25, 0.3) is 0 Å². The molecule has 1 unspecified atom stereocenters. The van der Waals surface area contributed by atoms with Gasteiger partial charge in [0, 0.05) is 12.8 Å². The molecule has 0 rings (SSSR count). The van der Waals surface area contributed by atoms with Gasteiger partial charge in [0.15, 0.2) is 0 Å². The Morgan fingerprint density at radius 2 is 1.23 bits per heavy atom. The first-order chi connectivity index (χ1) is 12.5. The van der Waals surface area contributed by atoms with Crippen molar-refractivity contribution in [1.82, 2.24) is 0 Å². The van der Waals surface area contributed by atoms with Crippen molar-refractivity contribution in [1.29, 1.82) is 0 Å². The zero-order valence-corrected chi connectivity index (χ0v) is 17.7. The van der Waals surface area contributed by atoms with E-state index in [0.29, 0.717) is 37.9 Å². The van der Waals surface area contributed by atoms with Crippen LogP contribution in [-0.4, -0.2) is 25.2 Å². The predicted octanol–water partition coefficient (Wildman–Crippen LogP) is 6.07. The quantitative estimate of drug-likeness (QED) is 0.230. The van der Waals surface area contributed by atoms with Gasteiger partial charge >= 0.3 is 11.9 Å². The minimum Gasteiger partial charge on any atom is -0.465 e. The molecule has 0 N–H and O–H groups in total. The number of ether oxygens (including phenoxy) is 2. The van der Waals surface area contributed by atoms with Crippen molar-refractivity contribution in [2.24, 2.45) is 11.8 Å². The molecule has 0 aliphatic carbocycles. The minimum absolute atomic E-state index is 0.0483. The molecule has 0 radical (unpaired) electrons. The molecule has 0 aromatic carbocycles. The molecule has 4 heteroatoms. The lowest BCUT2D eigenvalue weighted by molar-refractivity contribution is -0.146. The molecule has 0 aromatic rings. The van der Waals surface area contributed by atoms with Crippen molar-refractivity contribution in [2.45, 2.75) is 105 Å². The van der Waals surface area contributed by atoms with Crippen LogP contribution >= 0.6 is 0 Å². The van der Waals surface area contributed by atoms with Crippen molar-refractivity contribution < 1.29 is 19.1 Å². The highest BCUT2D eigenvalue weighted by molar-refractivity contribution is 5.69. The Morgan fingerprint density at radius 3 is 1.69 bits per heavy atom. The van der Waals surface area contributed by atoms with Gasteiger partial charge in [0.1, 0.15) is 0 Å². The predicted molar refractivity (Wildman–Crippen MR) is 107 cm³/mol. The molecule has 0 bridgehead atoms. The number of unbranched alkanes of at least 4 members (excludes halogenated alkanes) is 6. The zero-order chi connectivity index (χ0) is 19.6. The maximum Gasteiger partial charge on any atom is 0.305 e. The van der Waals surface area contributed by atoms with Crippen molar-refractivity contribution in [3.8, 4) is 0 Å². The Morgan fingerprint density at radius 1 is 0.731 bits per heavy atom. The number of carbonyl (C=O) groups is 2. The monoisotopic (exact) mass is 370 g/mol. The summed E-state index contributed by atoms with van der Waals surface area (Å²) in [6.45, 7) is 9.54. The van der Waals surface area contributed by atoms with E-state index in [1.807, 2.05) is 13.8 Å². The molecule has 154 valence electrons. The third-order valence-electron chi connectivity index (χ3n) is 4.61. The van der Waals surface area contributed by atoms with Gasteiger partial charge in [-0.05, 0) is 31.1 Å². The summed E-state index contributed by atoms with van der Waals surface area (Å²) in [5, 5.41) is 0. The first kappa shape index (κ1) is 24.9. The van der Waals surface area contributed by atoms with E-state index in [0.717, 1.165) is 51.4 Å². The Balaban J connectivity index is 3.46. The fraction of sp³-hybridized carbons (Fsp3) is 0.909. The van der Waals surface area contributed by atoms with E-state index in [-0.39, 0.29) is 11.9 Å². The smallest absolute Gasteiger partial charge is 0.305 e. The molecular formula is C22H42O4. The molecule has 0 saturated heterocycles. The Kier molecular flexibility index (Phi) is 16.7. The SMILES string of the molecule is CCCCC(CC)COC(=O)CCCCCCCCC(=O)OCC(C)C. The highest BCUT2D eigenvalue weighted by Gasteiger charge is 2.10. The van der Waals surface area contributed by atoms with Crippen LogP contribution < -0.4 is 0 Å². The maximum absolute atomic E-state index is 11.8. The van der Waals surface area contributed by atoms with Crippen LogP contribution in [0.1, 0.15) is 105 Å². The van der Waals surface area contributed by atoms with Crippen molar-refractivity contribution in [3.05, 3.63) is 0 Å². The van der Waals surface area contributed by atoms with Crippen LogP contribution in [0, 0.1) is 11.8 Å². The summed E-state index contributed by atoms with van der Waals surface area (Å²) in [6.07, 6.45) is 11.8. The van der Waals surface area contributed by atoms with Crippen LogP contribution in [-0.2, 0) is 19.1 Å². The third kappa shape index (κ3) is 16.4. The summed E-state index contributed by atoms with van der Waals surface area (Å²) in [5.74, 6) is 0.791. The normalized spacial score (nSPS) is 12.2. The Hall–Kier alpha value is -1.06. The molecule has 26 heavy (non-hydrogen) atoms. The van der Waals surface area contributed by atoms with Crippen molar-refractivity contribution >= 4 is 11.9 Å². The summed E-state index contributed by atoms with van der Waals surface area (Å²) in [4.78, 5) is 23.3. The molecule has 0 amide bonds. The van der Waals surface area contributed by atoms with Gasteiger partial charge in [-0.3, -0.25) is 9.59 Å². The van der Waals surface area contributed by atoms with Gasteiger partial charge in [0.2, 0.25) is 0 Å². The van der Waals surface area contributed by atoms with Crippen LogP contribution in [0.5, 0.6) is 0 Å². The van der Waals surface area contributed by atoms with E-state index in [4.69, 9.17) is 9.47 Å². The summed E-state index contributed by atoms with van der Waals surface area (Å²) in [6, 6.07) is 0. The van der Waals surface area contributed by atoms with Crippen LogP contribution in [0.15, 0.2) is 0 Å². The summed E-state index contributed by atoms with van der Waals surface area (Å²) >= 11 is 0. The molecule has 0 heterocycles. The molecule has 0 fully saturated rings. The van der Waals surface area contributed by atoms with Gasteiger partial charge in [-0.2, -0.15) is 0 Å². The van der Waals surface area contributed by atoms with Gasteiger partial charge < -0.3 is 9.47 Å². The Bertz CT molecular complexity index is 352. The van der Waals surface area contributed by atoms with E-state index >= 15 is 0 Å². The highest BCUT2D eigenvalue weighted by atomic mass is 16.5. The zero-order valence-electron chi connectivity index (χ0n) is 17.7.